The van der Waals surface area contributed by atoms with Gasteiger partial charge in [-0.1, -0.05) is 6.92 Å². The zero-order chi connectivity index (χ0) is 23.1. The molecule has 4 N–H and O–H groups in total. The van der Waals surface area contributed by atoms with Gasteiger partial charge in [-0.25, -0.2) is 9.18 Å². The van der Waals surface area contributed by atoms with Gasteiger partial charge in [0.15, 0.2) is 0 Å². The van der Waals surface area contributed by atoms with Crippen LogP contribution in [-0.4, -0.2) is 69.5 Å². The number of hydrogen-bond donors (Lipinski definition) is 3. The van der Waals surface area contributed by atoms with Crippen LogP contribution in [0.15, 0.2) is 18.2 Å². The van der Waals surface area contributed by atoms with Crippen molar-refractivity contribution in [2.45, 2.75) is 39.7 Å². The Bertz CT molecular complexity index is 785. The number of nitrogens with zero attached hydrogens (tertiary/aromatic N) is 2. The minimum atomic E-state index is -3.67. The minimum absolute atomic E-state index is 0.00694. The number of hydrogen-bond acceptors (Lipinski definition) is 5. The van der Waals surface area contributed by atoms with Gasteiger partial charge in [-0.05, 0) is 45.4 Å². The van der Waals surface area contributed by atoms with Crippen LogP contribution >= 0.6 is 7.60 Å². The molecule has 1 aliphatic rings. The van der Waals surface area contributed by atoms with Gasteiger partial charge < -0.3 is 30.1 Å². The summed E-state index contributed by atoms with van der Waals surface area (Å²) in [5.74, 6) is -0.879. The Kier molecular flexibility index (Phi) is 9.27. The summed E-state index contributed by atoms with van der Waals surface area (Å²) in [5, 5.41) is 0. The molecule has 1 aliphatic heterocycles. The summed E-state index contributed by atoms with van der Waals surface area (Å²) in [6.45, 7) is 8.68. The number of nitrogen functional groups attached to an aromatic ring is 1. The lowest BCUT2D eigenvalue weighted by Gasteiger charge is -2.35. The fourth-order valence-electron chi connectivity index (χ4n) is 2.55. The van der Waals surface area contributed by atoms with Crippen LogP contribution in [0.4, 0.5) is 14.9 Å². The maximum atomic E-state index is 13.5. The average Bonchev–Trinajstić information content (AvgIpc) is 2.61. The first-order chi connectivity index (χ1) is 13.7. The van der Waals surface area contributed by atoms with E-state index >= 15 is 0 Å². The van der Waals surface area contributed by atoms with Crippen molar-refractivity contribution in [3.8, 4) is 0 Å². The van der Waals surface area contributed by atoms with E-state index in [4.69, 9.17) is 20.3 Å². The number of carbonyl (C=O) groups is 2. The first-order valence-electron chi connectivity index (χ1n) is 9.60. The maximum absolute atomic E-state index is 13.5. The van der Waals surface area contributed by atoms with E-state index in [2.05, 4.69) is 0 Å². The van der Waals surface area contributed by atoms with Crippen molar-refractivity contribution < 1.29 is 33.1 Å². The molecule has 11 heteroatoms. The van der Waals surface area contributed by atoms with Crippen molar-refractivity contribution >= 4 is 25.3 Å². The second-order valence-electron chi connectivity index (χ2n) is 7.88. The molecular weight excluding hydrogens is 416 g/mol. The van der Waals surface area contributed by atoms with Crippen LogP contribution in [0, 0.1) is 5.82 Å². The predicted molar refractivity (Wildman–Crippen MR) is 112 cm³/mol. The van der Waals surface area contributed by atoms with E-state index < -0.39 is 19.0 Å². The second kappa shape index (κ2) is 10.7. The normalized spacial score (nSPS) is 14.6. The fourth-order valence-corrected chi connectivity index (χ4v) is 3.14. The summed E-state index contributed by atoms with van der Waals surface area (Å²) in [5.41, 5.74) is 5.12. The van der Waals surface area contributed by atoms with Gasteiger partial charge in [-0.15, -0.1) is 0 Å². The van der Waals surface area contributed by atoms with Crippen LogP contribution in [0.2, 0.25) is 0 Å². The number of benzene rings is 1. The topological polar surface area (TPSA) is 133 Å². The minimum Gasteiger partial charge on any atom is -0.444 e. The highest BCUT2D eigenvalue weighted by atomic mass is 31.2. The average molecular weight is 447 g/mol. The van der Waals surface area contributed by atoms with Gasteiger partial charge in [-0.3, -0.25) is 9.36 Å². The number of piperazine rings is 1. The quantitative estimate of drug-likeness (QED) is 0.479. The summed E-state index contributed by atoms with van der Waals surface area (Å²) in [6, 6.07) is 4.01. The van der Waals surface area contributed by atoms with Crippen molar-refractivity contribution in [2.75, 3.05) is 38.1 Å². The van der Waals surface area contributed by atoms with Crippen molar-refractivity contribution in [1.82, 2.24) is 9.80 Å². The Labute approximate surface area is 176 Å². The lowest BCUT2D eigenvalue weighted by atomic mass is 10.1. The molecule has 9 nitrogen and oxygen atoms in total. The number of carbonyl (C=O) groups excluding carboxylic acids is 2. The van der Waals surface area contributed by atoms with Crippen LogP contribution in [0.1, 0.15) is 44.5 Å². The highest BCUT2D eigenvalue weighted by molar-refractivity contribution is 7.51. The smallest absolute Gasteiger partial charge is 0.410 e. The zero-order valence-electron chi connectivity index (χ0n) is 17.8. The molecule has 170 valence electrons. The third-order valence-electron chi connectivity index (χ3n) is 3.98. The van der Waals surface area contributed by atoms with E-state index in [1.165, 1.54) is 12.1 Å². The maximum Gasteiger partial charge on any atom is 0.410 e. The number of halogens is 1. The Morgan fingerprint density at radius 3 is 2.10 bits per heavy atom. The highest BCUT2D eigenvalue weighted by Gasteiger charge is 2.28. The lowest BCUT2D eigenvalue weighted by Crippen LogP contribution is -2.51. The van der Waals surface area contributed by atoms with Gasteiger partial charge in [0.2, 0.25) is 0 Å². The third-order valence-corrected chi connectivity index (χ3v) is 5.01. The highest BCUT2D eigenvalue weighted by Crippen LogP contribution is 2.34. The summed E-state index contributed by atoms with van der Waals surface area (Å²) in [6.07, 6.45) is 0.167. The SMILES string of the molecule is CC(C)(C)OC(=O)N1CCN(C(=O)c2ccc(N)c(F)c2)CC1.CCCP(=O)(O)O. The molecule has 1 heterocycles. The van der Waals surface area contributed by atoms with Crippen molar-refractivity contribution in [3.05, 3.63) is 29.6 Å². The summed E-state index contributed by atoms with van der Waals surface area (Å²) in [4.78, 5) is 43.7. The number of nitrogens with two attached hydrogens (primary N) is 1. The van der Waals surface area contributed by atoms with Crippen LogP contribution < -0.4 is 5.73 Å². The van der Waals surface area contributed by atoms with Gasteiger partial charge in [0.25, 0.3) is 5.91 Å². The summed E-state index contributed by atoms with van der Waals surface area (Å²) >= 11 is 0. The van der Waals surface area contributed by atoms with Gasteiger partial charge in [-0.2, -0.15) is 0 Å². The van der Waals surface area contributed by atoms with Gasteiger partial charge >= 0.3 is 13.7 Å². The van der Waals surface area contributed by atoms with Crippen LogP contribution in [-0.2, 0) is 9.30 Å². The molecule has 1 saturated heterocycles. The number of anilines is 1. The van der Waals surface area contributed by atoms with E-state index in [0.29, 0.717) is 32.6 Å². The molecule has 2 amide bonds. The lowest BCUT2D eigenvalue weighted by molar-refractivity contribution is 0.0141. The molecule has 1 aromatic rings. The molecule has 0 atom stereocenters. The number of rotatable bonds is 3. The van der Waals surface area contributed by atoms with Crippen LogP contribution in [0.5, 0.6) is 0 Å². The van der Waals surface area contributed by atoms with E-state index in [-0.39, 0.29) is 29.4 Å². The first-order valence-corrected chi connectivity index (χ1v) is 11.4. The van der Waals surface area contributed by atoms with Gasteiger partial charge in [0.1, 0.15) is 11.4 Å². The Balaban J connectivity index is 0.000000553. The molecular formula is C19H31FN3O6P. The Hall–Kier alpha value is -2.16. The zero-order valence-corrected chi connectivity index (χ0v) is 18.7. The molecule has 0 unspecified atom stereocenters. The molecule has 0 saturated carbocycles. The fraction of sp³-hybridized carbons (Fsp3) is 0.579. The van der Waals surface area contributed by atoms with Crippen molar-refractivity contribution in [3.63, 3.8) is 0 Å². The number of amides is 2. The van der Waals surface area contributed by atoms with Crippen molar-refractivity contribution in [1.29, 1.82) is 0 Å². The van der Waals surface area contributed by atoms with Gasteiger partial charge in [0.05, 0.1) is 5.69 Å². The van der Waals surface area contributed by atoms with E-state index in [1.807, 2.05) is 0 Å². The Morgan fingerprint density at radius 1 is 1.17 bits per heavy atom. The van der Waals surface area contributed by atoms with E-state index in [1.54, 1.807) is 37.5 Å². The molecule has 0 radical (unpaired) electrons. The van der Waals surface area contributed by atoms with E-state index in [0.717, 1.165) is 6.07 Å². The molecule has 0 spiro atoms. The molecule has 30 heavy (non-hydrogen) atoms. The Morgan fingerprint density at radius 2 is 1.70 bits per heavy atom. The van der Waals surface area contributed by atoms with Crippen LogP contribution in [0.25, 0.3) is 0 Å². The molecule has 2 rings (SSSR count). The van der Waals surface area contributed by atoms with Crippen molar-refractivity contribution in [2.24, 2.45) is 0 Å². The molecule has 0 aliphatic carbocycles. The summed E-state index contributed by atoms with van der Waals surface area (Å²) < 4.78 is 28.7. The second-order valence-corrected chi connectivity index (χ2v) is 9.66. The molecule has 1 aromatic carbocycles. The monoisotopic (exact) mass is 447 g/mol. The number of ether oxygens (including phenoxy) is 1. The van der Waals surface area contributed by atoms with E-state index in [9.17, 15) is 18.5 Å². The summed E-state index contributed by atoms with van der Waals surface area (Å²) in [7, 11) is -3.67. The molecule has 0 aromatic heterocycles. The standard InChI is InChI=1S/C16H22FN3O3.C3H9O3P/c1-16(2,3)23-15(22)20-8-6-19(7-9-20)14(21)11-4-5-13(18)12(17)10-11;1-2-3-7(4,5)6/h4-5,10H,6-9,18H2,1-3H3;2-3H2,1H3,(H2,4,5,6). The van der Waals surface area contributed by atoms with Gasteiger partial charge in [0, 0.05) is 37.9 Å². The third kappa shape index (κ3) is 9.11. The first kappa shape index (κ1) is 25.9. The molecule has 0 bridgehead atoms. The largest absolute Gasteiger partial charge is 0.444 e. The predicted octanol–water partition coefficient (Wildman–Crippen LogP) is 2.67. The van der Waals surface area contributed by atoms with Crippen LogP contribution in [0.3, 0.4) is 0 Å². The molecule has 1 fully saturated rings.